The quantitative estimate of drug-likeness (QED) is 0.832. The third-order valence-electron chi connectivity index (χ3n) is 3.15. The van der Waals surface area contributed by atoms with Crippen LogP contribution < -0.4 is 14.8 Å². The molecule has 2 aromatic carbocycles. The Morgan fingerprint density at radius 2 is 1.87 bits per heavy atom. The summed E-state index contributed by atoms with van der Waals surface area (Å²) in [4.78, 5) is 11.8. The maximum atomic E-state index is 13.1. The second kappa shape index (κ2) is 7.58. The van der Waals surface area contributed by atoms with Gasteiger partial charge < -0.3 is 14.8 Å². The molecule has 2 aromatic rings. The molecule has 2 rings (SSSR count). The normalized spacial score (nSPS) is 10.3. The molecule has 0 aliphatic heterocycles. The number of aryl methyl sites for hydroxylation is 1. The molecule has 0 atom stereocenters. The van der Waals surface area contributed by atoms with E-state index in [9.17, 15) is 13.6 Å². The third kappa shape index (κ3) is 4.42. The van der Waals surface area contributed by atoms with Gasteiger partial charge in [-0.2, -0.15) is 0 Å². The van der Waals surface area contributed by atoms with Crippen LogP contribution in [0.5, 0.6) is 11.5 Å². The van der Waals surface area contributed by atoms with Crippen molar-refractivity contribution >= 4 is 5.91 Å². The number of amides is 1. The average Bonchev–Trinajstić information content (AvgIpc) is 2.54. The van der Waals surface area contributed by atoms with Crippen LogP contribution in [-0.2, 0) is 0 Å². The van der Waals surface area contributed by atoms with Crippen LogP contribution in [0.25, 0.3) is 0 Å². The zero-order valence-corrected chi connectivity index (χ0v) is 12.9. The highest BCUT2D eigenvalue weighted by molar-refractivity contribution is 5.94. The van der Waals surface area contributed by atoms with E-state index < -0.39 is 17.5 Å². The molecule has 122 valence electrons. The van der Waals surface area contributed by atoms with E-state index in [2.05, 4.69) is 5.32 Å². The van der Waals surface area contributed by atoms with E-state index in [1.54, 1.807) is 13.2 Å². The molecule has 0 aliphatic rings. The minimum Gasteiger partial charge on any atom is -0.493 e. The zero-order chi connectivity index (χ0) is 16.8. The predicted molar refractivity (Wildman–Crippen MR) is 81.9 cm³/mol. The van der Waals surface area contributed by atoms with Gasteiger partial charge in [-0.15, -0.1) is 0 Å². The van der Waals surface area contributed by atoms with E-state index >= 15 is 0 Å². The van der Waals surface area contributed by atoms with Crippen molar-refractivity contribution < 1.29 is 23.0 Å². The SMILES string of the molecule is COc1cc(C)ccc1OCCNC(=O)c1ccc(F)c(F)c1. The van der Waals surface area contributed by atoms with Crippen molar-refractivity contribution in [3.05, 3.63) is 59.2 Å². The van der Waals surface area contributed by atoms with Crippen LogP contribution in [0, 0.1) is 18.6 Å². The Morgan fingerprint density at radius 3 is 2.57 bits per heavy atom. The first-order valence-corrected chi connectivity index (χ1v) is 7.02. The van der Waals surface area contributed by atoms with Gasteiger partial charge in [0.1, 0.15) is 6.61 Å². The fraction of sp³-hybridized carbons (Fsp3) is 0.235. The molecule has 0 aromatic heterocycles. The van der Waals surface area contributed by atoms with Crippen molar-refractivity contribution in [1.82, 2.24) is 5.32 Å². The molecule has 0 bridgehead atoms. The summed E-state index contributed by atoms with van der Waals surface area (Å²) in [6, 6.07) is 8.50. The zero-order valence-electron chi connectivity index (χ0n) is 12.9. The summed E-state index contributed by atoms with van der Waals surface area (Å²) >= 11 is 0. The Labute approximate surface area is 133 Å². The highest BCUT2D eigenvalue weighted by Gasteiger charge is 2.09. The molecule has 6 heteroatoms. The highest BCUT2D eigenvalue weighted by Crippen LogP contribution is 2.27. The number of carbonyl (C=O) groups is 1. The Bertz CT molecular complexity index is 704. The Kier molecular flexibility index (Phi) is 5.51. The first-order valence-electron chi connectivity index (χ1n) is 7.02. The van der Waals surface area contributed by atoms with Crippen molar-refractivity contribution in [2.45, 2.75) is 6.92 Å². The van der Waals surface area contributed by atoms with Gasteiger partial charge in [-0.25, -0.2) is 8.78 Å². The summed E-state index contributed by atoms with van der Waals surface area (Å²) < 4.78 is 36.6. The molecule has 1 amide bonds. The minimum absolute atomic E-state index is 0.0526. The van der Waals surface area contributed by atoms with Gasteiger partial charge in [-0.3, -0.25) is 4.79 Å². The number of hydrogen-bond acceptors (Lipinski definition) is 3. The monoisotopic (exact) mass is 321 g/mol. The average molecular weight is 321 g/mol. The molecule has 0 radical (unpaired) electrons. The summed E-state index contributed by atoms with van der Waals surface area (Å²) in [6.07, 6.45) is 0. The van der Waals surface area contributed by atoms with Gasteiger partial charge in [0.05, 0.1) is 13.7 Å². The number of ether oxygens (including phenoxy) is 2. The minimum atomic E-state index is -1.06. The van der Waals surface area contributed by atoms with E-state index in [1.807, 2.05) is 19.1 Å². The van der Waals surface area contributed by atoms with Crippen LogP contribution in [0.3, 0.4) is 0 Å². The number of nitrogens with one attached hydrogen (secondary N) is 1. The van der Waals surface area contributed by atoms with Gasteiger partial charge in [0.25, 0.3) is 5.91 Å². The molecule has 4 nitrogen and oxygen atoms in total. The first-order chi connectivity index (χ1) is 11.0. The predicted octanol–water partition coefficient (Wildman–Crippen LogP) is 3.09. The van der Waals surface area contributed by atoms with Crippen molar-refractivity contribution in [3.8, 4) is 11.5 Å². The number of halogens is 2. The lowest BCUT2D eigenvalue weighted by molar-refractivity contribution is 0.0946. The Hall–Kier alpha value is -2.63. The van der Waals surface area contributed by atoms with Crippen molar-refractivity contribution in [3.63, 3.8) is 0 Å². The Morgan fingerprint density at radius 1 is 1.09 bits per heavy atom. The van der Waals surface area contributed by atoms with E-state index in [4.69, 9.17) is 9.47 Å². The van der Waals surface area contributed by atoms with Gasteiger partial charge in [-0.1, -0.05) is 6.07 Å². The molecule has 0 saturated carbocycles. The molecule has 0 fully saturated rings. The second-order valence-electron chi connectivity index (χ2n) is 4.89. The van der Waals surface area contributed by atoms with E-state index in [-0.39, 0.29) is 18.7 Å². The van der Waals surface area contributed by atoms with Gasteiger partial charge in [0.15, 0.2) is 23.1 Å². The lowest BCUT2D eigenvalue weighted by Gasteiger charge is -2.12. The van der Waals surface area contributed by atoms with Gasteiger partial charge in [0, 0.05) is 5.56 Å². The van der Waals surface area contributed by atoms with Gasteiger partial charge in [0.2, 0.25) is 0 Å². The fourth-order valence-corrected chi connectivity index (χ4v) is 1.96. The van der Waals surface area contributed by atoms with Gasteiger partial charge in [-0.05, 0) is 42.8 Å². The first kappa shape index (κ1) is 16.7. The van der Waals surface area contributed by atoms with Crippen LogP contribution in [-0.4, -0.2) is 26.2 Å². The number of methoxy groups -OCH3 is 1. The third-order valence-corrected chi connectivity index (χ3v) is 3.15. The smallest absolute Gasteiger partial charge is 0.251 e. The van der Waals surface area contributed by atoms with E-state index in [0.717, 1.165) is 17.7 Å². The van der Waals surface area contributed by atoms with Crippen LogP contribution in [0.2, 0.25) is 0 Å². The van der Waals surface area contributed by atoms with Gasteiger partial charge >= 0.3 is 0 Å². The van der Waals surface area contributed by atoms with Crippen molar-refractivity contribution in [1.29, 1.82) is 0 Å². The van der Waals surface area contributed by atoms with Crippen LogP contribution in [0.1, 0.15) is 15.9 Å². The molecular formula is C17H17F2NO3. The van der Waals surface area contributed by atoms with Crippen LogP contribution in [0.15, 0.2) is 36.4 Å². The van der Waals surface area contributed by atoms with E-state index in [0.29, 0.717) is 11.5 Å². The standard InChI is InChI=1S/C17H17F2NO3/c1-11-3-6-15(16(9-11)22-2)23-8-7-20-17(21)12-4-5-13(18)14(19)10-12/h3-6,9-10H,7-8H2,1-2H3,(H,20,21). The summed E-state index contributed by atoms with van der Waals surface area (Å²) in [6.45, 7) is 2.37. The Balaban J connectivity index is 1.85. The summed E-state index contributed by atoms with van der Waals surface area (Å²) in [5, 5.41) is 2.57. The van der Waals surface area contributed by atoms with Crippen molar-refractivity contribution in [2.75, 3.05) is 20.3 Å². The van der Waals surface area contributed by atoms with Crippen molar-refractivity contribution in [2.24, 2.45) is 0 Å². The highest BCUT2D eigenvalue weighted by atomic mass is 19.2. The maximum Gasteiger partial charge on any atom is 0.251 e. The van der Waals surface area contributed by atoms with Crippen LogP contribution >= 0.6 is 0 Å². The number of rotatable bonds is 6. The lowest BCUT2D eigenvalue weighted by atomic mass is 10.2. The second-order valence-corrected chi connectivity index (χ2v) is 4.89. The molecular weight excluding hydrogens is 304 g/mol. The summed E-state index contributed by atoms with van der Waals surface area (Å²) in [5.41, 5.74) is 1.10. The molecule has 0 aliphatic carbocycles. The molecule has 23 heavy (non-hydrogen) atoms. The summed E-state index contributed by atoms with van der Waals surface area (Å²) in [5.74, 6) is -1.37. The number of hydrogen-bond donors (Lipinski definition) is 1. The van der Waals surface area contributed by atoms with E-state index in [1.165, 1.54) is 6.07 Å². The molecule has 1 N–H and O–H groups in total. The number of benzene rings is 2. The largest absolute Gasteiger partial charge is 0.493 e. The number of carbonyl (C=O) groups excluding carboxylic acids is 1. The topological polar surface area (TPSA) is 47.6 Å². The fourth-order valence-electron chi connectivity index (χ4n) is 1.96. The molecule has 0 saturated heterocycles. The lowest BCUT2D eigenvalue weighted by Crippen LogP contribution is -2.28. The van der Waals surface area contributed by atoms with Crippen LogP contribution in [0.4, 0.5) is 8.78 Å². The molecule has 0 spiro atoms. The summed E-state index contributed by atoms with van der Waals surface area (Å²) in [7, 11) is 1.55. The maximum absolute atomic E-state index is 13.1. The molecule has 0 heterocycles. The molecule has 0 unspecified atom stereocenters.